The molecule has 1 amide bonds. The summed E-state index contributed by atoms with van der Waals surface area (Å²) in [5.74, 6) is 1.00. The van der Waals surface area contributed by atoms with Crippen LogP contribution in [0.5, 0.6) is 11.5 Å². The van der Waals surface area contributed by atoms with Crippen molar-refractivity contribution < 1.29 is 14.3 Å². The predicted octanol–water partition coefficient (Wildman–Crippen LogP) is 3.21. The van der Waals surface area contributed by atoms with Gasteiger partial charge >= 0.3 is 0 Å². The molecule has 1 aliphatic rings. The quantitative estimate of drug-likeness (QED) is 0.699. The number of amides is 1. The number of carbonyl (C=O) groups excluding carboxylic acids is 1. The molecule has 144 valence electrons. The van der Waals surface area contributed by atoms with Crippen LogP contribution >= 0.6 is 0 Å². The fraction of sp³-hybridized carbons (Fsp3) is 0.273. The summed E-state index contributed by atoms with van der Waals surface area (Å²) in [6.45, 7) is 2.75. The largest absolute Gasteiger partial charge is 0.496 e. The van der Waals surface area contributed by atoms with Crippen LogP contribution in [0.4, 0.5) is 5.69 Å². The molecule has 2 aromatic carbocycles. The van der Waals surface area contributed by atoms with E-state index >= 15 is 0 Å². The van der Waals surface area contributed by atoms with Crippen molar-refractivity contribution in [3.63, 3.8) is 0 Å². The zero-order valence-electron chi connectivity index (χ0n) is 16.1. The fourth-order valence-electron chi connectivity index (χ4n) is 3.71. The van der Waals surface area contributed by atoms with E-state index < -0.39 is 0 Å². The average Bonchev–Trinajstić information content (AvgIpc) is 2.77. The van der Waals surface area contributed by atoms with Gasteiger partial charge in [0.2, 0.25) is 0 Å². The number of piperazine rings is 1. The van der Waals surface area contributed by atoms with Gasteiger partial charge in [0.1, 0.15) is 17.1 Å². The van der Waals surface area contributed by atoms with Crippen LogP contribution in [-0.4, -0.2) is 56.2 Å². The molecule has 0 aliphatic carbocycles. The van der Waals surface area contributed by atoms with E-state index in [2.05, 4.69) is 34.1 Å². The van der Waals surface area contributed by atoms with Crippen LogP contribution in [0.1, 0.15) is 10.4 Å². The molecule has 6 heteroatoms. The monoisotopic (exact) mass is 377 g/mol. The van der Waals surface area contributed by atoms with Crippen molar-refractivity contribution in [2.24, 2.45) is 0 Å². The Bertz CT molecular complexity index is 970. The maximum atomic E-state index is 13.1. The number of carbonyl (C=O) groups is 1. The standard InChI is InChI=1S/C22H23N3O3/c1-27-18-9-4-10-19(28-2)20(18)22(26)25-14-12-24(13-15-25)17-8-3-6-16-7-5-11-23-21(16)17/h3-11H,12-15H2,1-2H3. The fourth-order valence-corrected chi connectivity index (χ4v) is 3.71. The lowest BCUT2D eigenvalue weighted by Crippen LogP contribution is -2.49. The maximum Gasteiger partial charge on any atom is 0.261 e. The Morgan fingerprint density at radius 1 is 0.893 bits per heavy atom. The smallest absolute Gasteiger partial charge is 0.261 e. The molecule has 6 nitrogen and oxygen atoms in total. The molecule has 28 heavy (non-hydrogen) atoms. The number of nitrogens with zero attached hydrogens (tertiary/aromatic N) is 3. The maximum absolute atomic E-state index is 13.1. The van der Waals surface area contributed by atoms with E-state index in [9.17, 15) is 4.79 Å². The topological polar surface area (TPSA) is 54.9 Å². The summed E-state index contributed by atoms with van der Waals surface area (Å²) in [5, 5.41) is 1.12. The summed E-state index contributed by atoms with van der Waals surface area (Å²) in [5.41, 5.74) is 2.59. The Labute approximate surface area is 164 Å². The van der Waals surface area contributed by atoms with Crippen LogP contribution in [0.15, 0.2) is 54.7 Å². The number of rotatable bonds is 4. The number of ether oxygens (including phenoxy) is 2. The number of hydrogen-bond acceptors (Lipinski definition) is 5. The molecule has 0 bridgehead atoms. The number of anilines is 1. The van der Waals surface area contributed by atoms with Crippen molar-refractivity contribution in [3.05, 3.63) is 60.3 Å². The van der Waals surface area contributed by atoms with E-state index in [1.54, 1.807) is 26.4 Å². The first-order valence-electron chi connectivity index (χ1n) is 9.32. The highest BCUT2D eigenvalue weighted by atomic mass is 16.5. The molecule has 2 heterocycles. The number of benzene rings is 2. The third-order valence-corrected chi connectivity index (χ3v) is 5.16. The van der Waals surface area contributed by atoms with Crippen molar-refractivity contribution in [3.8, 4) is 11.5 Å². The van der Waals surface area contributed by atoms with Gasteiger partial charge in [0.15, 0.2) is 0 Å². The second kappa shape index (κ2) is 7.76. The molecule has 0 unspecified atom stereocenters. The van der Waals surface area contributed by atoms with Crippen molar-refractivity contribution in [2.75, 3.05) is 45.3 Å². The number of aromatic nitrogens is 1. The van der Waals surface area contributed by atoms with Crippen LogP contribution in [0.2, 0.25) is 0 Å². The van der Waals surface area contributed by atoms with Gasteiger partial charge in [0, 0.05) is 37.8 Å². The van der Waals surface area contributed by atoms with E-state index in [0.717, 1.165) is 29.7 Å². The predicted molar refractivity (Wildman–Crippen MR) is 109 cm³/mol. The van der Waals surface area contributed by atoms with Crippen molar-refractivity contribution in [1.82, 2.24) is 9.88 Å². The highest BCUT2D eigenvalue weighted by molar-refractivity contribution is 6.00. The van der Waals surface area contributed by atoms with Gasteiger partial charge in [-0.1, -0.05) is 24.3 Å². The van der Waals surface area contributed by atoms with Gasteiger partial charge < -0.3 is 19.3 Å². The molecule has 4 rings (SSSR count). The van der Waals surface area contributed by atoms with Gasteiger partial charge in [-0.15, -0.1) is 0 Å². The first-order valence-corrected chi connectivity index (χ1v) is 9.32. The number of fused-ring (bicyclic) bond motifs is 1. The van der Waals surface area contributed by atoms with Crippen molar-refractivity contribution >= 4 is 22.5 Å². The summed E-state index contributed by atoms with van der Waals surface area (Å²) in [6, 6.07) is 15.6. The van der Waals surface area contributed by atoms with E-state index in [1.165, 1.54) is 0 Å². The third kappa shape index (κ3) is 3.22. The van der Waals surface area contributed by atoms with E-state index in [1.807, 2.05) is 23.2 Å². The molecule has 0 saturated carbocycles. The Morgan fingerprint density at radius 2 is 1.54 bits per heavy atom. The molecule has 0 N–H and O–H groups in total. The molecule has 0 atom stereocenters. The Morgan fingerprint density at radius 3 is 2.21 bits per heavy atom. The van der Waals surface area contributed by atoms with Gasteiger partial charge in [-0.05, 0) is 24.3 Å². The van der Waals surface area contributed by atoms with Crippen molar-refractivity contribution in [2.45, 2.75) is 0 Å². The molecule has 3 aromatic rings. The molecular weight excluding hydrogens is 354 g/mol. The number of methoxy groups -OCH3 is 2. The molecule has 0 spiro atoms. The first kappa shape index (κ1) is 18.1. The molecule has 1 aliphatic heterocycles. The molecule has 1 saturated heterocycles. The lowest BCUT2D eigenvalue weighted by molar-refractivity contribution is 0.0740. The average molecular weight is 377 g/mol. The van der Waals surface area contributed by atoms with Crippen LogP contribution in [0.25, 0.3) is 10.9 Å². The van der Waals surface area contributed by atoms with Gasteiger partial charge in [0.25, 0.3) is 5.91 Å². The van der Waals surface area contributed by atoms with E-state index in [0.29, 0.717) is 30.2 Å². The lowest BCUT2D eigenvalue weighted by Gasteiger charge is -2.36. The van der Waals surface area contributed by atoms with E-state index in [4.69, 9.17) is 9.47 Å². The Balaban J connectivity index is 1.54. The second-order valence-corrected chi connectivity index (χ2v) is 6.67. The summed E-state index contributed by atoms with van der Waals surface area (Å²) >= 11 is 0. The van der Waals surface area contributed by atoms with Gasteiger partial charge in [-0.2, -0.15) is 0 Å². The first-order chi connectivity index (χ1) is 13.7. The molecule has 1 aromatic heterocycles. The highest BCUT2D eigenvalue weighted by Crippen LogP contribution is 2.31. The van der Waals surface area contributed by atoms with Crippen LogP contribution < -0.4 is 14.4 Å². The Kier molecular flexibility index (Phi) is 5.02. The minimum Gasteiger partial charge on any atom is -0.496 e. The number of pyridine rings is 1. The van der Waals surface area contributed by atoms with Crippen LogP contribution in [0.3, 0.4) is 0 Å². The SMILES string of the molecule is COc1cccc(OC)c1C(=O)N1CCN(c2cccc3cccnc23)CC1. The number of para-hydroxylation sites is 1. The minimum absolute atomic E-state index is 0.0648. The Hall–Kier alpha value is -3.28. The van der Waals surface area contributed by atoms with E-state index in [-0.39, 0.29) is 5.91 Å². The zero-order valence-corrected chi connectivity index (χ0v) is 16.1. The van der Waals surface area contributed by atoms with Gasteiger partial charge in [-0.3, -0.25) is 9.78 Å². The molecular formula is C22H23N3O3. The third-order valence-electron chi connectivity index (χ3n) is 5.16. The lowest BCUT2D eigenvalue weighted by atomic mass is 10.1. The van der Waals surface area contributed by atoms with Gasteiger partial charge in [-0.25, -0.2) is 0 Å². The normalized spacial score (nSPS) is 14.2. The molecule has 0 radical (unpaired) electrons. The summed E-state index contributed by atoms with van der Waals surface area (Å²) in [4.78, 5) is 21.8. The van der Waals surface area contributed by atoms with Crippen LogP contribution in [0, 0.1) is 0 Å². The summed E-state index contributed by atoms with van der Waals surface area (Å²) < 4.78 is 10.8. The summed E-state index contributed by atoms with van der Waals surface area (Å²) in [6.07, 6.45) is 1.82. The van der Waals surface area contributed by atoms with Crippen molar-refractivity contribution in [1.29, 1.82) is 0 Å². The van der Waals surface area contributed by atoms with Crippen LogP contribution in [-0.2, 0) is 0 Å². The second-order valence-electron chi connectivity index (χ2n) is 6.67. The molecule has 1 fully saturated rings. The minimum atomic E-state index is -0.0648. The summed E-state index contributed by atoms with van der Waals surface area (Å²) in [7, 11) is 3.13. The highest BCUT2D eigenvalue weighted by Gasteiger charge is 2.27. The van der Waals surface area contributed by atoms with Gasteiger partial charge in [0.05, 0.1) is 25.4 Å². The zero-order chi connectivity index (χ0) is 19.5. The number of hydrogen-bond donors (Lipinski definition) is 0.